The first kappa shape index (κ1) is 27.9. The van der Waals surface area contributed by atoms with Gasteiger partial charge in [0.15, 0.2) is 5.82 Å². The van der Waals surface area contributed by atoms with Crippen LogP contribution in [0.25, 0.3) is 22.6 Å². The fraction of sp³-hybridized carbons (Fsp3) is 0.321. The summed E-state index contributed by atoms with van der Waals surface area (Å²) in [5, 5.41) is 3.09. The molecule has 4 heterocycles. The third-order valence-electron chi connectivity index (χ3n) is 6.39. The summed E-state index contributed by atoms with van der Waals surface area (Å²) < 4.78 is 36.2. The number of benzene rings is 1. The maximum Gasteiger partial charge on any atom is 0.316 e. The van der Waals surface area contributed by atoms with E-state index in [0.29, 0.717) is 40.9 Å². The lowest BCUT2D eigenvalue weighted by atomic mass is 9.91. The number of H-pyrrole nitrogens is 1. The van der Waals surface area contributed by atoms with Crippen LogP contribution in [-0.2, 0) is 36.1 Å². The van der Waals surface area contributed by atoms with Crippen LogP contribution >= 0.6 is 0 Å². The van der Waals surface area contributed by atoms with Crippen LogP contribution < -0.4 is 11.1 Å². The van der Waals surface area contributed by atoms with E-state index in [9.17, 15) is 14.0 Å². The van der Waals surface area contributed by atoms with Crippen molar-refractivity contribution in [2.24, 2.45) is 11.1 Å². The van der Waals surface area contributed by atoms with Crippen LogP contribution in [0, 0.1) is 11.2 Å². The summed E-state index contributed by atoms with van der Waals surface area (Å²) >= 11 is 0. The van der Waals surface area contributed by atoms with Crippen molar-refractivity contribution in [3.63, 3.8) is 0 Å². The first-order valence-corrected chi connectivity index (χ1v) is 12.8. The molecule has 0 saturated carbocycles. The Bertz CT molecular complexity index is 1530. The number of carbonyl (C=O) groups excluding carboxylic acids is 2. The molecule has 4 N–H and O–H groups in total. The highest BCUT2D eigenvalue weighted by Gasteiger charge is 2.54. The molecule has 4 aromatic rings. The van der Waals surface area contributed by atoms with E-state index in [4.69, 9.17) is 24.4 Å². The smallest absolute Gasteiger partial charge is 0.316 e. The van der Waals surface area contributed by atoms with Crippen LogP contribution in [0.15, 0.2) is 59.3 Å². The van der Waals surface area contributed by atoms with Crippen LogP contribution in [-0.4, -0.2) is 51.1 Å². The van der Waals surface area contributed by atoms with Crippen molar-refractivity contribution >= 4 is 17.8 Å². The molecule has 0 radical (unpaired) electrons. The zero-order chi connectivity index (χ0) is 29.2. The largest absolute Gasteiger partial charge is 0.467 e. The number of rotatable bonds is 9. The second kappa shape index (κ2) is 11.1. The number of nitrogens with zero attached hydrogens (tertiary/aromatic N) is 3. The number of anilines is 1. The number of halogens is 1. The van der Waals surface area contributed by atoms with Crippen LogP contribution in [0.5, 0.6) is 0 Å². The van der Waals surface area contributed by atoms with Crippen molar-refractivity contribution in [1.29, 1.82) is 0 Å². The SMILES string of the molecule is CC(C)OC(=O)C1(C)COC(C(N)=O)(c2nc(-c3ccc(F)cc3)c(-c3ccnc(NCc4ccco4)n3)[nH]2)OC1. The monoisotopic (exact) mass is 564 g/mol. The Balaban J connectivity index is 1.52. The molecule has 1 aromatic carbocycles. The molecule has 0 bridgehead atoms. The maximum absolute atomic E-state index is 13.8. The van der Waals surface area contributed by atoms with E-state index in [1.165, 1.54) is 24.3 Å². The minimum Gasteiger partial charge on any atom is -0.467 e. The molecular weight excluding hydrogens is 535 g/mol. The summed E-state index contributed by atoms with van der Waals surface area (Å²) in [7, 11) is 0. The van der Waals surface area contributed by atoms with Crippen LogP contribution in [0.3, 0.4) is 0 Å². The first-order chi connectivity index (χ1) is 19.6. The molecule has 1 aliphatic rings. The fourth-order valence-corrected chi connectivity index (χ4v) is 4.17. The van der Waals surface area contributed by atoms with Gasteiger partial charge >= 0.3 is 11.8 Å². The summed E-state index contributed by atoms with van der Waals surface area (Å²) in [5.74, 6) is -3.17. The molecule has 0 aliphatic carbocycles. The van der Waals surface area contributed by atoms with Gasteiger partial charge in [-0.2, -0.15) is 0 Å². The standard InChI is InChI=1S/C28H29FN6O6/c1-16(2)41-25(37)27(3)14-39-28(23(30)36,40-15-27)24-34-21(17-6-8-18(29)9-7-17)22(35-24)20-10-11-31-26(33-20)32-13-19-5-4-12-38-19/h4-12,16H,13-15H2,1-3H3,(H2,30,36)(H,34,35)(H,31,32,33). The number of ether oxygens (including phenoxy) is 3. The third-order valence-corrected chi connectivity index (χ3v) is 6.39. The van der Waals surface area contributed by atoms with Gasteiger partial charge in [0.2, 0.25) is 5.95 Å². The van der Waals surface area contributed by atoms with Gasteiger partial charge in [-0.15, -0.1) is 0 Å². The summed E-state index contributed by atoms with van der Waals surface area (Å²) in [6.45, 7) is 4.96. The zero-order valence-corrected chi connectivity index (χ0v) is 22.6. The molecule has 0 unspecified atom stereocenters. The molecule has 1 amide bonds. The summed E-state index contributed by atoms with van der Waals surface area (Å²) in [5.41, 5.74) is 6.23. The van der Waals surface area contributed by atoms with Gasteiger partial charge in [-0.3, -0.25) is 9.59 Å². The summed E-state index contributed by atoms with van der Waals surface area (Å²) in [6.07, 6.45) is 2.76. The highest BCUT2D eigenvalue weighted by atomic mass is 19.1. The van der Waals surface area contributed by atoms with E-state index in [1.807, 2.05) is 6.07 Å². The number of primary amides is 1. The van der Waals surface area contributed by atoms with Gasteiger partial charge in [0.25, 0.3) is 5.91 Å². The van der Waals surface area contributed by atoms with Gasteiger partial charge in [0.05, 0.1) is 49.2 Å². The number of aromatic nitrogens is 4. The molecule has 41 heavy (non-hydrogen) atoms. The second-order valence-corrected chi connectivity index (χ2v) is 10.1. The number of amides is 1. The highest BCUT2D eigenvalue weighted by Crippen LogP contribution is 2.39. The molecule has 214 valence electrons. The van der Waals surface area contributed by atoms with Crippen molar-refractivity contribution in [2.45, 2.75) is 39.2 Å². The Morgan fingerprint density at radius 2 is 1.88 bits per heavy atom. The quantitative estimate of drug-likeness (QED) is 0.256. The van der Waals surface area contributed by atoms with Gasteiger partial charge in [-0.1, -0.05) is 0 Å². The van der Waals surface area contributed by atoms with E-state index in [0.717, 1.165) is 0 Å². The third kappa shape index (κ3) is 5.67. The van der Waals surface area contributed by atoms with Crippen molar-refractivity contribution in [2.75, 3.05) is 18.5 Å². The van der Waals surface area contributed by atoms with Gasteiger partial charge in [0, 0.05) is 11.8 Å². The molecule has 0 atom stereocenters. The average Bonchev–Trinajstić information content (AvgIpc) is 3.64. The van der Waals surface area contributed by atoms with Crippen LogP contribution in [0.1, 0.15) is 32.4 Å². The van der Waals surface area contributed by atoms with Crippen LogP contribution in [0.2, 0.25) is 0 Å². The number of hydrogen-bond acceptors (Lipinski definition) is 10. The number of hydrogen-bond donors (Lipinski definition) is 3. The van der Waals surface area contributed by atoms with Crippen LogP contribution in [0.4, 0.5) is 10.3 Å². The molecule has 13 heteroatoms. The maximum atomic E-state index is 13.8. The average molecular weight is 565 g/mol. The molecular formula is C28H29FN6O6. The Morgan fingerprint density at radius 1 is 1.15 bits per heavy atom. The molecule has 1 saturated heterocycles. The summed E-state index contributed by atoms with van der Waals surface area (Å²) in [6, 6.07) is 10.9. The number of esters is 1. The van der Waals surface area contributed by atoms with E-state index < -0.39 is 28.9 Å². The van der Waals surface area contributed by atoms with E-state index in [2.05, 4.69) is 25.3 Å². The number of aromatic amines is 1. The lowest BCUT2D eigenvalue weighted by Gasteiger charge is -2.40. The number of nitrogens with two attached hydrogens (primary N) is 1. The lowest BCUT2D eigenvalue weighted by Crippen LogP contribution is -2.56. The minimum absolute atomic E-state index is 0.0673. The number of nitrogens with one attached hydrogen (secondary N) is 2. The normalized spacial score (nSPS) is 20.6. The second-order valence-electron chi connectivity index (χ2n) is 10.1. The topological polar surface area (TPSA) is 167 Å². The number of furan rings is 1. The van der Waals surface area contributed by atoms with E-state index in [1.54, 1.807) is 45.4 Å². The van der Waals surface area contributed by atoms with Crippen molar-refractivity contribution in [3.05, 3.63) is 72.3 Å². The molecule has 1 fully saturated rings. The Labute approximate surface area is 234 Å². The Hall–Kier alpha value is -4.62. The van der Waals surface area contributed by atoms with Gasteiger partial charge in [0.1, 0.15) is 17.0 Å². The summed E-state index contributed by atoms with van der Waals surface area (Å²) in [4.78, 5) is 42.0. The van der Waals surface area contributed by atoms with Crippen molar-refractivity contribution in [3.8, 4) is 22.6 Å². The molecule has 5 rings (SSSR count). The predicted octanol–water partition coefficient (Wildman–Crippen LogP) is 3.52. The number of carbonyl (C=O) groups is 2. The fourth-order valence-electron chi connectivity index (χ4n) is 4.17. The molecule has 3 aromatic heterocycles. The van der Waals surface area contributed by atoms with Gasteiger partial charge in [-0.05, 0) is 63.2 Å². The molecule has 12 nitrogen and oxygen atoms in total. The first-order valence-electron chi connectivity index (χ1n) is 12.8. The number of imidazole rings is 1. The highest BCUT2D eigenvalue weighted by molar-refractivity contribution is 5.85. The van der Waals surface area contributed by atoms with E-state index >= 15 is 0 Å². The molecule has 0 spiro atoms. The Kier molecular flexibility index (Phi) is 7.56. The predicted molar refractivity (Wildman–Crippen MR) is 143 cm³/mol. The Morgan fingerprint density at radius 3 is 2.51 bits per heavy atom. The van der Waals surface area contributed by atoms with E-state index in [-0.39, 0.29) is 25.1 Å². The van der Waals surface area contributed by atoms with Crippen molar-refractivity contribution < 1.29 is 32.6 Å². The minimum atomic E-state index is -2.14. The zero-order valence-electron chi connectivity index (χ0n) is 22.6. The van der Waals surface area contributed by atoms with Gasteiger partial charge in [-0.25, -0.2) is 19.3 Å². The lowest BCUT2D eigenvalue weighted by molar-refractivity contribution is -0.294. The van der Waals surface area contributed by atoms with Crippen molar-refractivity contribution in [1.82, 2.24) is 19.9 Å². The van der Waals surface area contributed by atoms with Gasteiger partial charge < -0.3 is 34.7 Å². The molecule has 1 aliphatic heterocycles.